The summed E-state index contributed by atoms with van der Waals surface area (Å²) in [5.74, 6) is 1.29. The molecule has 1 atom stereocenters. The van der Waals surface area contributed by atoms with E-state index in [0.717, 1.165) is 18.9 Å². The van der Waals surface area contributed by atoms with Crippen LogP contribution in [0.4, 0.5) is 0 Å². The van der Waals surface area contributed by atoms with Gasteiger partial charge in [0.2, 0.25) is 10.0 Å². The molecule has 0 saturated carbocycles. The van der Waals surface area contributed by atoms with Crippen LogP contribution in [-0.4, -0.2) is 44.0 Å². The van der Waals surface area contributed by atoms with Gasteiger partial charge in [-0.3, -0.25) is 0 Å². The summed E-state index contributed by atoms with van der Waals surface area (Å²) in [6, 6.07) is 0. The van der Waals surface area contributed by atoms with Crippen molar-refractivity contribution in [1.29, 1.82) is 0 Å². The molecule has 0 amide bonds. The first-order valence-corrected chi connectivity index (χ1v) is 7.27. The lowest BCUT2D eigenvalue weighted by atomic mass is 10.1. The summed E-state index contributed by atoms with van der Waals surface area (Å²) in [5.41, 5.74) is 0. The summed E-state index contributed by atoms with van der Waals surface area (Å²) in [7, 11) is -1.74. The SMILES string of the molecule is CNS(=O)(=O)CCn1ccnc1C1CCOC1. The molecular weight excluding hydrogens is 242 g/mol. The predicted molar refractivity (Wildman–Crippen MR) is 63.3 cm³/mol. The number of hydrogen-bond acceptors (Lipinski definition) is 4. The largest absolute Gasteiger partial charge is 0.381 e. The minimum Gasteiger partial charge on any atom is -0.381 e. The van der Waals surface area contributed by atoms with Crippen LogP contribution >= 0.6 is 0 Å². The van der Waals surface area contributed by atoms with Crippen LogP contribution in [0.2, 0.25) is 0 Å². The molecule has 17 heavy (non-hydrogen) atoms. The van der Waals surface area contributed by atoms with E-state index in [9.17, 15) is 8.42 Å². The van der Waals surface area contributed by atoms with Crippen molar-refractivity contribution < 1.29 is 13.2 Å². The molecule has 0 bridgehead atoms. The van der Waals surface area contributed by atoms with Gasteiger partial charge >= 0.3 is 0 Å². The molecular formula is C10H17N3O3S. The number of aryl methyl sites for hydroxylation is 1. The van der Waals surface area contributed by atoms with Crippen LogP contribution in [0.1, 0.15) is 18.2 Å². The lowest BCUT2D eigenvalue weighted by molar-refractivity contribution is 0.192. The lowest BCUT2D eigenvalue weighted by Crippen LogP contribution is -2.25. The molecule has 1 unspecified atom stereocenters. The van der Waals surface area contributed by atoms with E-state index in [0.29, 0.717) is 19.1 Å². The number of nitrogens with zero attached hydrogens (tertiary/aromatic N) is 2. The van der Waals surface area contributed by atoms with Crippen molar-refractivity contribution in [2.75, 3.05) is 26.0 Å². The predicted octanol–water partition coefficient (Wildman–Crippen LogP) is -0.0638. The molecule has 1 aromatic rings. The Morgan fingerprint density at radius 1 is 1.65 bits per heavy atom. The smallest absolute Gasteiger partial charge is 0.213 e. The monoisotopic (exact) mass is 259 g/mol. The average Bonchev–Trinajstić information content (AvgIpc) is 2.96. The highest BCUT2D eigenvalue weighted by Crippen LogP contribution is 2.23. The molecule has 1 aliphatic rings. The van der Waals surface area contributed by atoms with E-state index in [2.05, 4.69) is 9.71 Å². The number of nitrogens with one attached hydrogen (secondary N) is 1. The van der Waals surface area contributed by atoms with Crippen molar-refractivity contribution in [3.63, 3.8) is 0 Å². The molecule has 1 saturated heterocycles. The van der Waals surface area contributed by atoms with Gasteiger partial charge in [0.25, 0.3) is 0 Å². The number of rotatable bonds is 5. The van der Waals surface area contributed by atoms with E-state index in [4.69, 9.17) is 4.74 Å². The second-order valence-corrected chi connectivity index (χ2v) is 6.11. The zero-order chi connectivity index (χ0) is 12.3. The summed E-state index contributed by atoms with van der Waals surface area (Å²) in [6.07, 6.45) is 4.48. The molecule has 96 valence electrons. The summed E-state index contributed by atoms with van der Waals surface area (Å²) in [5, 5.41) is 0. The maximum atomic E-state index is 11.4. The second-order valence-electron chi connectivity index (χ2n) is 4.06. The first-order valence-electron chi connectivity index (χ1n) is 5.62. The Balaban J connectivity index is 2.04. The fraction of sp³-hybridized carbons (Fsp3) is 0.700. The molecule has 1 N–H and O–H groups in total. The van der Waals surface area contributed by atoms with Crippen LogP contribution in [-0.2, 0) is 21.3 Å². The highest BCUT2D eigenvalue weighted by molar-refractivity contribution is 7.89. The van der Waals surface area contributed by atoms with Crippen LogP contribution in [0, 0.1) is 0 Å². The third-order valence-corrected chi connectivity index (χ3v) is 4.30. The van der Waals surface area contributed by atoms with Crippen LogP contribution in [0.3, 0.4) is 0 Å². The van der Waals surface area contributed by atoms with E-state index >= 15 is 0 Å². The third kappa shape index (κ3) is 3.05. The third-order valence-electron chi connectivity index (χ3n) is 2.95. The highest BCUT2D eigenvalue weighted by atomic mass is 32.2. The minimum atomic E-state index is -3.17. The molecule has 2 heterocycles. The maximum absolute atomic E-state index is 11.4. The standard InChI is InChI=1S/C10H17N3O3S/c1-11-17(14,15)7-5-13-4-3-12-10(13)9-2-6-16-8-9/h3-4,9,11H,2,5-8H2,1H3. The van der Waals surface area contributed by atoms with E-state index in [1.807, 2.05) is 10.8 Å². The van der Waals surface area contributed by atoms with Crippen molar-refractivity contribution in [3.05, 3.63) is 18.2 Å². The summed E-state index contributed by atoms with van der Waals surface area (Å²) in [4.78, 5) is 4.29. The average molecular weight is 259 g/mol. The molecule has 0 aliphatic carbocycles. The second kappa shape index (κ2) is 5.16. The molecule has 0 spiro atoms. The Labute approximate surface area is 101 Å². The van der Waals surface area contributed by atoms with Gasteiger partial charge in [-0.05, 0) is 13.5 Å². The van der Waals surface area contributed by atoms with E-state index in [1.165, 1.54) is 7.05 Å². The Morgan fingerprint density at radius 3 is 3.12 bits per heavy atom. The molecule has 0 aromatic carbocycles. The van der Waals surface area contributed by atoms with E-state index < -0.39 is 10.0 Å². The number of imidazole rings is 1. The molecule has 1 fully saturated rings. The number of ether oxygens (including phenoxy) is 1. The van der Waals surface area contributed by atoms with Gasteiger partial charge in [-0.25, -0.2) is 18.1 Å². The van der Waals surface area contributed by atoms with Gasteiger partial charge in [-0.15, -0.1) is 0 Å². The van der Waals surface area contributed by atoms with E-state index in [-0.39, 0.29) is 5.75 Å². The van der Waals surface area contributed by atoms with Gasteiger partial charge in [-0.2, -0.15) is 0 Å². The highest BCUT2D eigenvalue weighted by Gasteiger charge is 2.22. The van der Waals surface area contributed by atoms with E-state index in [1.54, 1.807) is 6.20 Å². The molecule has 2 rings (SSSR count). The van der Waals surface area contributed by atoms with Crippen LogP contribution in [0.5, 0.6) is 0 Å². The van der Waals surface area contributed by atoms with Crippen LogP contribution in [0.25, 0.3) is 0 Å². The molecule has 1 aliphatic heterocycles. The quantitative estimate of drug-likeness (QED) is 0.803. The van der Waals surface area contributed by atoms with Crippen molar-refractivity contribution in [2.45, 2.75) is 18.9 Å². The van der Waals surface area contributed by atoms with Crippen molar-refractivity contribution in [3.8, 4) is 0 Å². The van der Waals surface area contributed by atoms with Gasteiger partial charge in [0, 0.05) is 31.5 Å². The van der Waals surface area contributed by atoms with Gasteiger partial charge in [0.15, 0.2) is 0 Å². The zero-order valence-electron chi connectivity index (χ0n) is 9.80. The number of aromatic nitrogens is 2. The normalized spacial score (nSPS) is 20.9. The van der Waals surface area contributed by atoms with Crippen LogP contribution in [0.15, 0.2) is 12.4 Å². The molecule has 1 aromatic heterocycles. The molecule has 7 heteroatoms. The molecule has 6 nitrogen and oxygen atoms in total. The first kappa shape index (κ1) is 12.5. The van der Waals surface area contributed by atoms with Crippen molar-refractivity contribution in [2.24, 2.45) is 0 Å². The Hall–Kier alpha value is -0.920. The Kier molecular flexibility index (Phi) is 3.80. The summed E-state index contributed by atoms with van der Waals surface area (Å²) < 4.78 is 32.2. The van der Waals surface area contributed by atoms with Gasteiger partial charge in [0.05, 0.1) is 12.4 Å². The first-order chi connectivity index (χ1) is 8.12. The molecule has 0 radical (unpaired) electrons. The zero-order valence-corrected chi connectivity index (χ0v) is 10.6. The van der Waals surface area contributed by atoms with Crippen molar-refractivity contribution in [1.82, 2.24) is 14.3 Å². The number of hydrogen-bond donors (Lipinski definition) is 1. The number of sulfonamides is 1. The van der Waals surface area contributed by atoms with Gasteiger partial charge < -0.3 is 9.30 Å². The topological polar surface area (TPSA) is 73.2 Å². The van der Waals surface area contributed by atoms with Crippen molar-refractivity contribution >= 4 is 10.0 Å². The summed E-state index contributed by atoms with van der Waals surface area (Å²) in [6.45, 7) is 1.86. The Bertz CT molecular complexity index is 463. The minimum absolute atomic E-state index is 0.0699. The Morgan fingerprint density at radius 2 is 2.47 bits per heavy atom. The summed E-state index contributed by atoms with van der Waals surface area (Å²) >= 11 is 0. The maximum Gasteiger partial charge on any atom is 0.213 e. The fourth-order valence-electron chi connectivity index (χ4n) is 1.93. The van der Waals surface area contributed by atoms with Crippen LogP contribution < -0.4 is 4.72 Å². The van der Waals surface area contributed by atoms with Gasteiger partial charge in [-0.1, -0.05) is 0 Å². The van der Waals surface area contributed by atoms with Gasteiger partial charge in [0.1, 0.15) is 5.82 Å². The fourth-order valence-corrected chi connectivity index (χ4v) is 2.57. The lowest BCUT2D eigenvalue weighted by Gasteiger charge is -2.11.